The minimum Gasteiger partial charge on any atom is -0.380 e. The van der Waals surface area contributed by atoms with Crippen molar-refractivity contribution in [1.29, 1.82) is 0 Å². The Hall–Kier alpha value is -1.23. The SMILES string of the molecule is CCN(CC1Cc2ccccc2N1)CC(F)(F)F. The Kier molecular flexibility index (Phi) is 3.80. The average molecular weight is 258 g/mol. The number of nitrogens with one attached hydrogen (secondary N) is 1. The summed E-state index contributed by atoms with van der Waals surface area (Å²) in [7, 11) is 0. The zero-order valence-electron chi connectivity index (χ0n) is 10.3. The van der Waals surface area contributed by atoms with E-state index in [1.807, 2.05) is 24.3 Å². The summed E-state index contributed by atoms with van der Waals surface area (Å²) < 4.78 is 37.1. The number of anilines is 1. The molecule has 0 radical (unpaired) electrons. The molecule has 0 aromatic heterocycles. The highest BCUT2D eigenvalue weighted by atomic mass is 19.4. The molecule has 0 bridgehead atoms. The van der Waals surface area contributed by atoms with Crippen molar-refractivity contribution in [2.45, 2.75) is 25.6 Å². The Morgan fingerprint density at radius 1 is 1.33 bits per heavy atom. The van der Waals surface area contributed by atoms with E-state index in [9.17, 15) is 13.2 Å². The number of hydrogen-bond acceptors (Lipinski definition) is 2. The summed E-state index contributed by atoms with van der Waals surface area (Å²) in [5.41, 5.74) is 2.23. The molecule has 1 aliphatic rings. The first-order chi connectivity index (χ1) is 8.48. The lowest BCUT2D eigenvalue weighted by Gasteiger charge is -2.25. The maximum Gasteiger partial charge on any atom is 0.401 e. The first kappa shape index (κ1) is 13.2. The standard InChI is InChI=1S/C13H17F3N2/c1-2-18(9-13(14,15)16)8-11-7-10-5-3-4-6-12(10)17-11/h3-6,11,17H,2,7-9H2,1H3. The van der Waals surface area contributed by atoms with E-state index in [0.717, 1.165) is 12.1 Å². The van der Waals surface area contributed by atoms with Gasteiger partial charge in [-0.05, 0) is 24.6 Å². The van der Waals surface area contributed by atoms with E-state index in [0.29, 0.717) is 13.1 Å². The highest BCUT2D eigenvalue weighted by Gasteiger charge is 2.31. The normalized spacial score (nSPS) is 18.8. The highest BCUT2D eigenvalue weighted by molar-refractivity contribution is 5.56. The number of benzene rings is 1. The van der Waals surface area contributed by atoms with Crippen LogP contribution < -0.4 is 5.32 Å². The maximum absolute atomic E-state index is 12.4. The van der Waals surface area contributed by atoms with E-state index in [1.165, 1.54) is 10.5 Å². The largest absolute Gasteiger partial charge is 0.401 e. The number of nitrogens with zero attached hydrogens (tertiary/aromatic N) is 1. The summed E-state index contributed by atoms with van der Waals surface area (Å²) in [6, 6.07) is 7.94. The molecule has 2 nitrogen and oxygen atoms in total. The van der Waals surface area contributed by atoms with Crippen LogP contribution in [0.1, 0.15) is 12.5 Å². The quantitative estimate of drug-likeness (QED) is 0.893. The fourth-order valence-corrected chi connectivity index (χ4v) is 2.36. The van der Waals surface area contributed by atoms with Gasteiger partial charge in [-0.2, -0.15) is 13.2 Å². The Bertz CT molecular complexity index is 378. The summed E-state index contributed by atoms with van der Waals surface area (Å²) in [5.74, 6) is 0. The third-order valence-electron chi connectivity index (χ3n) is 3.17. The molecule has 1 N–H and O–H groups in total. The summed E-state index contributed by atoms with van der Waals surface area (Å²) in [6.07, 6.45) is -3.33. The molecule has 1 aromatic rings. The summed E-state index contributed by atoms with van der Waals surface area (Å²) in [5, 5.41) is 3.28. The second-order valence-corrected chi connectivity index (χ2v) is 4.65. The molecular weight excluding hydrogens is 241 g/mol. The van der Waals surface area contributed by atoms with Gasteiger partial charge in [0.05, 0.1) is 6.54 Å². The van der Waals surface area contributed by atoms with Crippen LogP contribution in [0.3, 0.4) is 0 Å². The minimum atomic E-state index is -4.12. The van der Waals surface area contributed by atoms with Crippen LogP contribution in [0, 0.1) is 0 Å². The molecule has 0 spiro atoms. The van der Waals surface area contributed by atoms with Gasteiger partial charge in [0.2, 0.25) is 0 Å². The molecule has 0 amide bonds. The maximum atomic E-state index is 12.4. The lowest BCUT2D eigenvalue weighted by Crippen LogP contribution is -2.41. The molecule has 0 aliphatic carbocycles. The average Bonchev–Trinajstić information content (AvgIpc) is 2.68. The molecule has 1 aliphatic heterocycles. The lowest BCUT2D eigenvalue weighted by atomic mass is 10.1. The van der Waals surface area contributed by atoms with Gasteiger partial charge in [-0.3, -0.25) is 4.90 Å². The fourth-order valence-electron chi connectivity index (χ4n) is 2.36. The molecule has 0 saturated carbocycles. The van der Waals surface area contributed by atoms with Crippen molar-refractivity contribution < 1.29 is 13.2 Å². The second kappa shape index (κ2) is 5.18. The molecule has 100 valence electrons. The number of likely N-dealkylation sites (N-methyl/N-ethyl adjacent to an activating group) is 1. The Labute approximate surface area is 105 Å². The van der Waals surface area contributed by atoms with Gasteiger partial charge in [0, 0.05) is 18.3 Å². The molecule has 0 saturated heterocycles. The molecule has 2 rings (SSSR count). The van der Waals surface area contributed by atoms with Gasteiger partial charge >= 0.3 is 6.18 Å². The third-order valence-corrected chi connectivity index (χ3v) is 3.17. The summed E-state index contributed by atoms with van der Waals surface area (Å²) in [4.78, 5) is 1.43. The number of fused-ring (bicyclic) bond motifs is 1. The van der Waals surface area contributed by atoms with Crippen LogP contribution in [-0.2, 0) is 6.42 Å². The van der Waals surface area contributed by atoms with E-state index in [4.69, 9.17) is 0 Å². The van der Waals surface area contributed by atoms with Crippen molar-refractivity contribution in [1.82, 2.24) is 4.90 Å². The number of alkyl halides is 3. The van der Waals surface area contributed by atoms with E-state index in [1.54, 1.807) is 6.92 Å². The smallest absolute Gasteiger partial charge is 0.380 e. The first-order valence-corrected chi connectivity index (χ1v) is 6.11. The molecular formula is C13H17F3N2. The van der Waals surface area contributed by atoms with Crippen LogP contribution in [-0.4, -0.2) is 36.8 Å². The van der Waals surface area contributed by atoms with Crippen molar-refractivity contribution in [3.63, 3.8) is 0 Å². The number of rotatable bonds is 4. The van der Waals surface area contributed by atoms with Crippen LogP contribution >= 0.6 is 0 Å². The molecule has 1 heterocycles. The fraction of sp³-hybridized carbons (Fsp3) is 0.538. The summed E-state index contributed by atoms with van der Waals surface area (Å²) >= 11 is 0. The van der Waals surface area contributed by atoms with Gasteiger partial charge in [-0.15, -0.1) is 0 Å². The van der Waals surface area contributed by atoms with E-state index < -0.39 is 12.7 Å². The van der Waals surface area contributed by atoms with E-state index in [2.05, 4.69) is 5.32 Å². The molecule has 1 unspecified atom stereocenters. The van der Waals surface area contributed by atoms with Gasteiger partial charge in [0.25, 0.3) is 0 Å². The number of para-hydroxylation sites is 1. The Balaban J connectivity index is 1.92. The van der Waals surface area contributed by atoms with E-state index >= 15 is 0 Å². The topological polar surface area (TPSA) is 15.3 Å². The Morgan fingerprint density at radius 2 is 2.06 bits per heavy atom. The number of halogens is 3. The highest BCUT2D eigenvalue weighted by Crippen LogP contribution is 2.26. The van der Waals surface area contributed by atoms with Gasteiger partial charge in [0.1, 0.15) is 0 Å². The monoisotopic (exact) mass is 258 g/mol. The van der Waals surface area contributed by atoms with Crippen molar-refractivity contribution >= 4 is 5.69 Å². The molecule has 5 heteroatoms. The predicted molar refractivity (Wildman–Crippen MR) is 65.7 cm³/mol. The van der Waals surface area contributed by atoms with Crippen LogP contribution in [0.5, 0.6) is 0 Å². The van der Waals surface area contributed by atoms with E-state index in [-0.39, 0.29) is 6.04 Å². The lowest BCUT2D eigenvalue weighted by molar-refractivity contribution is -0.145. The summed E-state index contributed by atoms with van der Waals surface area (Å²) in [6.45, 7) is 1.75. The van der Waals surface area contributed by atoms with Gasteiger partial charge in [-0.25, -0.2) is 0 Å². The number of hydrogen-bond donors (Lipinski definition) is 1. The van der Waals surface area contributed by atoms with Gasteiger partial charge in [-0.1, -0.05) is 25.1 Å². The third kappa shape index (κ3) is 3.38. The van der Waals surface area contributed by atoms with Crippen molar-refractivity contribution in [2.75, 3.05) is 25.0 Å². The molecule has 18 heavy (non-hydrogen) atoms. The van der Waals surface area contributed by atoms with Crippen LogP contribution in [0.2, 0.25) is 0 Å². The zero-order chi connectivity index (χ0) is 13.2. The Morgan fingerprint density at radius 3 is 2.67 bits per heavy atom. The predicted octanol–water partition coefficient (Wildman–Crippen LogP) is 2.91. The van der Waals surface area contributed by atoms with Crippen LogP contribution in [0.25, 0.3) is 0 Å². The van der Waals surface area contributed by atoms with Gasteiger partial charge < -0.3 is 5.32 Å². The molecule has 1 atom stereocenters. The van der Waals surface area contributed by atoms with Crippen LogP contribution in [0.4, 0.5) is 18.9 Å². The second-order valence-electron chi connectivity index (χ2n) is 4.65. The van der Waals surface area contributed by atoms with Crippen molar-refractivity contribution in [2.24, 2.45) is 0 Å². The minimum absolute atomic E-state index is 0.0738. The van der Waals surface area contributed by atoms with Gasteiger partial charge in [0.15, 0.2) is 0 Å². The van der Waals surface area contributed by atoms with Crippen LogP contribution in [0.15, 0.2) is 24.3 Å². The zero-order valence-corrected chi connectivity index (χ0v) is 10.3. The first-order valence-electron chi connectivity index (χ1n) is 6.11. The molecule has 1 aromatic carbocycles. The van der Waals surface area contributed by atoms with Crippen molar-refractivity contribution in [3.05, 3.63) is 29.8 Å². The molecule has 0 fully saturated rings. The van der Waals surface area contributed by atoms with Crippen molar-refractivity contribution in [3.8, 4) is 0 Å².